The van der Waals surface area contributed by atoms with Gasteiger partial charge in [0.15, 0.2) is 11.5 Å². The minimum Gasteiger partial charge on any atom is -0.492 e. The molecule has 3 aliphatic heterocycles. The number of anilines is 1. The maximum atomic E-state index is 13.1. The highest BCUT2D eigenvalue weighted by Gasteiger charge is 2.44. The van der Waals surface area contributed by atoms with Crippen LogP contribution in [0, 0.1) is 12.3 Å². The van der Waals surface area contributed by atoms with Crippen LogP contribution in [0.25, 0.3) is 0 Å². The van der Waals surface area contributed by atoms with E-state index < -0.39 is 29.7 Å². The number of fused-ring (bicyclic) bond motifs is 1. The summed E-state index contributed by atoms with van der Waals surface area (Å²) in [6.45, 7) is 3.98. The van der Waals surface area contributed by atoms with Crippen molar-refractivity contribution in [3.05, 3.63) is 75.9 Å². The minimum atomic E-state index is -1.01. The topological polar surface area (TPSA) is 163 Å². The first kappa shape index (κ1) is 35.9. The van der Waals surface area contributed by atoms with Crippen LogP contribution in [0.5, 0.6) is 11.5 Å². The first-order valence-corrected chi connectivity index (χ1v) is 18.1. The monoisotopic (exact) mass is 739 g/mol. The molecule has 1 atom stereocenters. The van der Waals surface area contributed by atoms with Crippen LogP contribution in [0.15, 0.2) is 48.5 Å². The molecule has 2 N–H and O–H groups in total. The van der Waals surface area contributed by atoms with E-state index in [1.54, 1.807) is 24.3 Å². The molecular formula is C38H38ClN7O7. The minimum absolute atomic E-state index is 0.0260. The Balaban J connectivity index is 0.822. The molecule has 2 aromatic carbocycles. The lowest BCUT2D eigenvalue weighted by molar-refractivity contribution is -0.136. The van der Waals surface area contributed by atoms with Crippen molar-refractivity contribution < 1.29 is 33.4 Å². The van der Waals surface area contributed by atoms with E-state index in [1.807, 2.05) is 12.1 Å². The summed E-state index contributed by atoms with van der Waals surface area (Å²) >= 11 is 6.20. The summed E-state index contributed by atoms with van der Waals surface area (Å²) in [5.74, 6) is 1.94. The van der Waals surface area contributed by atoms with Gasteiger partial charge in [-0.2, -0.15) is 0 Å². The molecule has 0 spiro atoms. The SMILES string of the molecule is C#Cc1ccc(OC2CCC(NC(=O)c3ccc(N4CCN(CCOc5ccc6c(c5)C(=O)N(C5CCC(=O)NC5=O)C6=O)CC4)nn3)CC2)cc1Cl. The van der Waals surface area contributed by atoms with Gasteiger partial charge >= 0.3 is 0 Å². The van der Waals surface area contributed by atoms with Crippen molar-refractivity contribution in [2.24, 2.45) is 0 Å². The fraction of sp³-hybridized carbons (Fsp3) is 0.395. The van der Waals surface area contributed by atoms with Crippen LogP contribution < -0.4 is 25.0 Å². The number of terminal acetylenes is 1. The number of piperazine rings is 1. The van der Waals surface area contributed by atoms with E-state index >= 15 is 0 Å². The Morgan fingerprint density at radius 2 is 1.66 bits per heavy atom. The van der Waals surface area contributed by atoms with Crippen LogP contribution in [0.2, 0.25) is 5.02 Å². The van der Waals surface area contributed by atoms with Crippen molar-refractivity contribution >= 4 is 47.0 Å². The molecular weight excluding hydrogens is 702 g/mol. The highest BCUT2D eigenvalue weighted by molar-refractivity contribution is 6.31. The zero-order chi connectivity index (χ0) is 37.1. The molecule has 1 unspecified atom stereocenters. The first-order valence-electron chi connectivity index (χ1n) is 17.7. The van der Waals surface area contributed by atoms with Gasteiger partial charge in [0.05, 0.1) is 22.3 Å². The standard InChI is InChI=1S/C38H38ClN7O7/c1-2-23-3-6-27(22-30(23)39)53-25-7-4-24(5-8-25)40-35(48)31-11-13-33(43-42-31)45-17-15-44(16-18-45)19-20-52-26-9-10-28-29(21-26)38(51)46(37(28)50)32-12-14-34(47)41-36(32)49/h1,3,6,9-11,13,21-22,24-25,32H,4-5,7-8,12,14-20H2,(H,40,48)(H,41,47,49). The average molecular weight is 740 g/mol. The van der Waals surface area contributed by atoms with Crippen LogP contribution in [-0.4, -0.2) is 107 Å². The number of rotatable bonds is 10. The third kappa shape index (κ3) is 7.96. The number of aromatic nitrogens is 2. The Morgan fingerprint density at radius 3 is 2.36 bits per heavy atom. The van der Waals surface area contributed by atoms with Crippen molar-refractivity contribution in [2.75, 3.05) is 44.2 Å². The average Bonchev–Trinajstić information content (AvgIpc) is 3.41. The summed E-state index contributed by atoms with van der Waals surface area (Å²) in [4.78, 5) is 68.1. The van der Waals surface area contributed by atoms with E-state index in [1.165, 1.54) is 12.1 Å². The first-order chi connectivity index (χ1) is 25.7. The summed E-state index contributed by atoms with van der Waals surface area (Å²) in [5, 5.41) is 14.3. The third-order valence-corrected chi connectivity index (χ3v) is 10.4. The molecule has 3 fully saturated rings. The molecule has 1 aromatic heterocycles. The summed E-state index contributed by atoms with van der Waals surface area (Å²) in [7, 11) is 0. The Bertz CT molecular complexity index is 1970. The molecule has 53 heavy (non-hydrogen) atoms. The smallest absolute Gasteiger partial charge is 0.272 e. The second-order valence-electron chi connectivity index (χ2n) is 13.5. The van der Waals surface area contributed by atoms with Crippen LogP contribution in [0.3, 0.4) is 0 Å². The van der Waals surface area contributed by atoms with Gasteiger partial charge in [-0.3, -0.25) is 39.1 Å². The molecule has 14 nitrogen and oxygen atoms in total. The van der Waals surface area contributed by atoms with Gasteiger partial charge < -0.3 is 19.7 Å². The number of nitrogens with one attached hydrogen (secondary N) is 2. The summed E-state index contributed by atoms with van der Waals surface area (Å²) in [6.07, 6.45) is 8.81. The number of imide groups is 2. The predicted molar refractivity (Wildman–Crippen MR) is 193 cm³/mol. The lowest BCUT2D eigenvalue weighted by atomic mass is 9.93. The quantitative estimate of drug-likeness (QED) is 0.232. The van der Waals surface area contributed by atoms with E-state index in [0.29, 0.717) is 41.1 Å². The number of ether oxygens (including phenoxy) is 2. The van der Waals surface area contributed by atoms with Crippen molar-refractivity contribution in [1.82, 2.24) is 30.6 Å². The Hall–Kier alpha value is -5.52. The number of halogens is 1. The van der Waals surface area contributed by atoms with Crippen LogP contribution >= 0.6 is 11.6 Å². The zero-order valence-corrected chi connectivity index (χ0v) is 29.6. The highest BCUT2D eigenvalue weighted by atomic mass is 35.5. The molecule has 4 heterocycles. The molecule has 7 rings (SSSR count). The van der Waals surface area contributed by atoms with Crippen molar-refractivity contribution in [2.45, 2.75) is 56.7 Å². The van der Waals surface area contributed by atoms with Crippen molar-refractivity contribution in [3.8, 4) is 23.8 Å². The van der Waals surface area contributed by atoms with E-state index in [4.69, 9.17) is 27.5 Å². The van der Waals surface area contributed by atoms with E-state index in [9.17, 15) is 24.0 Å². The van der Waals surface area contributed by atoms with Crippen LogP contribution in [0.4, 0.5) is 5.82 Å². The lowest BCUT2D eigenvalue weighted by Crippen LogP contribution is -2.54. The number of carbonyl (C=O) groups is 5. The lowest BCUT2D eigenvalue weighted by Gasteiger charge is -2.35. The number of amides is 5. The van der Waals surface area contributed by atoms with Gasteiger partial charge in [0.1, 0.15) is 24.1 Å². The van der Waals surface area contributed by atoms with Crippen LogP contribution in [0.1, 0.15) is 75.3 Å². The number of nitrogens with zero attached hydrogens (tertiary/aromatic N) is 5. The molecule has 2 saturated heterocycles. The molecule has 0 bridgehead atoms. The van der Waals surface area contributed by atoms with E-state index in [0.717, 1.165) is 56.8 Å². The number of piperidine rings is 1. The van der Waals surface area contributed by atoms with E-state index in [2.05, 4.69) is 36.6 Å². The van der Waals surface area contributed by atoms with Crippen molar-refractivity contribution in [3.63, 3.8) is 0 Å². The van der Waals surface area contributed by atoms with Crippen molar-refractivity contribution in [1.29, 1.82) is 0 Å². The molecule has 274 valence electrons. The molecule has 1 aliphatic carbocycles. The molecule has 0 radical (unpaired) electrons. The van der Waals surface area contributed by atoms with Crippen LogP contribution in [-0.2, 0) is 9.59 Å². The fourth-order valence-electron chi connectivity index (χ4n) is 7.11. The Morgan fingerprint density at radius 1 is 0.906 bits per heavy atom. The Labute approximate surface area is 311 Å². The van der Waals surface area contributed by atoms with E-state index in [-0.39, 0.29) is 47.7 Å². The van der Waals surface area contributed by atoms with Gasteiger partial charge in [0.25, 0.3) is 17.7 Å². The molecule has 3 aromatic rings. The third-order valence-electron chi connectivity index (χ3n) is 10.1. The van der Waals surface area contributed by atoms with Gasteiger partial charge in [-0.05, 0) is 74.6 Å². The highest BCUT2D eigenvalue weighted by Crippen LogP contribution is 2.31. The second kappa shape index (κ2) is 15.6. The maximum absolute atomic E-state index is 13.1. The van der Waals surface area contributed by atoms with Gasteiger partial charge in [-0.15, -0.1) is 16.6 Å². The molecule has 1 saturated carbocycles. The van der Waals surface area contributed by atoms with Gasteiger partial charge in [0, 0.05) is 56.8 Å². The van der Waals surface area contributed by atoms with Gasteiger partial charge in [-0.25, -0.2) is 0 Å². The summed E-state index contributed by atoms with van der Waals surface area (Å²) < 4.78 is 12.0. The number of hydrogen-bond acceptors (Lipinski definition) is 11. The predicted octanol–water partition coefficient (Wildman–Crippen LogP) is 2.83. The number of benzene rings is 2. The fourth-order valence-corrected chi connectivity index (χ4v) is 7.34. The maximum Gasteiger partial charge on any atom is 0.272 e. The Kier molecular flexibility index (Phi) is 10.6. The molecule has 4 aliphatic rings. The second-order valence-corrected chi connectivity index (χ2v) is 13.9. The van der Waals surface area contributed by atoms with Gasteiger partial charge in [-0.1, -0.05) is 17.5 Å². The molecule has 15 heteroatoms. The largest absolute Gasteiger partial charge is 0.492 e. The normalized spacial score (nSPS) is 21.8. The molecule has 5 amide bonds. The van der Waals surface area contributed by atoms with Gasteiger partial charge in [0.2, 0.25) is 11.8 Å². The number of hydrogen-bond donors (Lipinski definition) is 2. The zero-order valence-electron chi connectivity index (χ0n) is 28.9. The summed E-state index contributed by atoms with van der Waals surface area (Å²) in [5.41, 5.74) is 1.29. The summed E-state index contributed by atoms with van der Waals surface area (Å²) in [6, 6.07) is 12.6. The number of carbonyl (C=O) groups excluding carboxylic acids is 5.